The van der Waals surface area contributed by atoms with Crippen LogP contribution in [0.1, 0.15) is 6.92 Å². The Morgan fingerprint density at radius 3 is 2.80 bits per heavy atom. The lowest BCUT2D eigenvalue weighted by Crippen LogP contribution is -2.25. The van der Waals surface area contributed by atoms with Crippen LogP contribution in [0.25, 0.3) is 0 Å². The summed E-state index contributed by atoms with van der Waals surface area (Å²) in [5, 5.41) is 5.38. The molecule has 0 atom stereocenters. The molecule has 0 aromatic heterocycles. The summed E-state index contributed by atoms with van der Waals surface area (Å²) in [6, 6.07) is 0. The predicted molar refractivity (Wildman–Crippen MR) is 39.0 cm³/mol. The van der Waals surface area contributed by atoms with E-state index in [4.69, 9.17) is 0 Å². The van der Waals surface area contributed by atoms with Crippen molar-refractivity contribution in [3.05, 3.63) is 0 Å². The molecule has 0 aromatic carbocycles. The van der Waals surface area contributed by atoms with Gasteiger partial charge in [-0.2, -0.15) is 0 Å². The SMILES string of the molecule is CCNCCOC(=O)NC. The van der Waals surface area contributed by atoms with Crippen LogP contribution in [0.5, 0.6) is 0 Å². The van der Waals surface area contributed by atoms with Gasteiger partial charge in [-0.3, -0.25) is 0 Å². The second kappa shape index (κ2) is 6.35. The third kappa shape index (κ3) is 5.37. The minimum Gasteiger partial charge on any atom is -0.448 e. The molecule has 60 valence electrons. The van der Waals surface area contributed by atoms with Crippen LogP contribution in [0.15, 0.2) is 0 Å². The summed E-state index contributed by atoms with van der Waals surface area (Å²) in [5.74, 6) is 0. The fourth-order valence-electron chi connectivity index (χ4n) is 0.465. The fraction of sp³-hybridized carbons (Fsp3) is 0.833. The summed E-state index contributed by atoms with van der Waals surface area (Å²) in [6.07, 6.45) is -0.377. The summed E-state index contributed by atoms with van der Waals surface area (Å²) >= 11 is 0. The zero-order valence-corrected chi connectivity index (χ0v) is 6.44. The summed E-state index contributed by atoms with van der Waals surface area (Å²) in [4.78, 5) is 10.4. The van der Waals surface area contributed by atoms with Gasteiger partial charge in [0, 0.05) is 13.6 Å². The number of likely N-dealkylation sites (N-methyl/N-ethyl adjacent to an activating group) is 1. The van der Waals surface area contributed by atoms with Gasteiger partial charge in [0.25, 0.3) is 0 Å². The number of hydrogen-bond donors (Lipinski definition) is 2. The van der Waals surface area contributed by atoms with Gasteiger partial charge < -0.3 is 15.4 Å². The molecule has 0 rings (SSSR count). The standard InChI is InChI=1S/C6H14N2O2/c1-3-8-4-5-10-6(9)7-2/h8H,3-5H2,1-2H3,(H,7,9). The Bertz CT molecular complexity index is 95.7. The summed E-state index contributed by atoms with van der Waals surface area (Å²) in [7, 11) is 1.54. The molecule has 2 N–H and O–H groups in total. The van der Waals surface area contributed by atoms with Gasteiger partial charge in [0.2, 0.25) is 0 Å². The highest BCUT2D eigenvalue weighted by Crippen LogP contribution is 1.73. The van der Waals surface area contributed by atoms with Gasteiger partial charge in [-0.1, -0.05) is 6.92 Å². The van der Waals surface area contributed by atoms with Crippen molar-refractivity contribution in [3.63, 3.8) is 0 Å². The van der Waals surface area contributed by atoms with Crippen molar-refractivity contribution in [2.75, 3.05) is 26.7 Å². The molecule has 4 heteroatoms. The molecule has 0 radical (unpaired) electrons. The Morgan fingerprint density at radius 2 is 2.30 bits per heavy atom. The van der Waals surface area contributed by atoms with Crippen LogP contribution in [-0.2, 0) is 4.74 Å². The molecule has 0 aromatic rings. The lowest BCUT2D eigenvalue weighted by molar-refractivity contribution is 0.149. The van der Waals surface area contributed by atoms with Gasteiger partial charge in [0.1, 0.15) is 6.61 Å². The lowest BCUT2D eigenvalue weighted by atomic mass is 10.6. The number of carbonyl (C=O) groups excluding carboxylic acids is 1. The van der Waals surface area contributed by atoms with Crippen molar-refractivity contribution in [2.24, 2.45) is 0 Å². The van der Waals surface area contributed by atoms with Gasteiger partial charge in [0.15, 0.2) is 0 Å². The van der Waals surface area contributed by atoms with Crippen molar-refractivity contribution >= 4 is 6.09 Å². The maximum absolute atomic E-state index is 10.4. The molecule has 10 heavy (non-hydrogen) atoms. The molecule has 0 bridgehead atoms. The van der Waals surface area contributed by atoms with E-state index in [1.165, 1.54) is 7.05 Å². The molecule has 0 spiro atoms. The summed E-state index contributed by atoms with van der Waals surface area (Å²) in [6.45, 7) is 4.04. The second-order valence-corrected chi connectivity index (χ2v) is 1.74. The number of nitrogens with one attached hydrogen (secondary N) is 2. The van der Waals surface area contributed by atoms with E-state index in [1.54, 1.807) is 0 Å². The molecule has 0 unspecified atom stereocenters. The third-order valence-corrected chi connectivity index (χ3v) is 0.966. The van der Waals surface area contributed by atoms with Gasteiger partial charge >= 0.3 is 6.09 Å². The number of ether oxygens (including phenoxy) is 1. The van der Waals surface area contributed by atoms with Crippen molar-refractivity contribution < 1.29 is 9.53 Å². The molecule has 0 saturated heterocycles. The van der Waals surface area contributed by atoms with E-state index in [2.05, 4.69) is 15.4 Å². The number of amides is 1. The average Bonchev–Trinajstić information content (AvgIpc) is 1.98. The first-order valence-corrected chi connectivity index (χ1v) is 3.36. The maximum Gasteiger partial charge on any atom is 0.406 e. The molecule has 0 fully saturated rings. The normalized spacial score (nSPS) is 9.00. The third-order valence-electron chi connectivity index (χ3n) is 0.966. The molecule has 1 amide bonds. The highest BCUT2D eigenvalue weighted by molar-refractivity contribution is 5.66. The molecule has 0 saturated carbocycles. The van der Waals surface area contributed by atoms with E-state index in [1.807, 2.05) is 6.92 Å². The van der Waals surface area contributed by atoms with Crippen LogP contribution in [-0.4, -0.2) is 32.8 Å². The average molecular weight is 146 g/mol. The lowest BCUT2D eigenvalue weighted by Gasteiger charge is -2.02. The molecular weight excluding hydrogens is 132 g/mol. The molecule has 0 aliphatic carbocycles. The quantitative estimate of drug-likeness (QED) is 0.547. The second-order valence-electron chi connectivity index (χ2n) is 1.74. The van der Waals surface area contributed by atoms with Crippen LogP contribution < -0.4 is 10.6 Å². The summed E-state index contributed by atoms with van der Waals surface area (Å²) in [5.41, 5.74) is 0. The first-order chi connectivity index (χ1) is 4.81. The monoisotopic (exact) mass is 146 g/mol. The highest BCUT2D eigenvalue weighted by atomic mass is 16.5. The number of carbonyl (C=O) groups is 1. The van der Waals surface area contributed by atoms with E-state index in [-0.39, 0.29) is 6.09 Å². The smallest absolute Gasteiger partial charge is 0.406 e. The topological polar surface area (TPSA) is 50.4 Å². The Morgan fingerprint density at radius 1 is 1.60 bits per heavy atom. The Kier molecular flexibility index (Phi) is 5.86. The summed E-state index contributed by atoms with van der Waals surface area (Å²) < 4.78 is 4.68. The van der Waals surface area contributed by atoms with Crippen molar-refractivity contribution in [3.8, 4) is 0 Å². The predicted octanol–water partition coefficient (Wildman–Crippen LogP) is -0.0481. The van der Waals surface area contributed by atoms with Crippen molar-refractivity contribution in [1.82, 2.24) is 10.6 Å². The molecule has 4 nitrogen and oxygen atoms in total. The highest BCUT2D eigenvalue weighted by Gasteiger charge is 1.93. The molecule has 0 aliphatic heterocycles. The van der Waals surface area contributed by atoms with E-state index in [9.17, 15) is 4.79 Å². The first-order valence-electron chi connectivity index (χ1n) is 3.36. The van der Waals surface area contributed by atoms with E-state index in [0.717, 1.165) is 6.54 Å². The largest absolute Gasteiger partial charge is 0.448 e. The van der Waals surface area contributed by atoms with Crippen molar-refractivity contribution in [1.29, 1.82) is 0 Å². The Labute approximate surface area is 60.9 Å². The zero-order chi connectivity index (χ0) is 7.82. The van der Waals surface area contributed by atoms with Gasteiger partial charge in [-0.25, -0.2) is 4.79 Å². The maximum atomic E-state index is 10.4. The Balaban J connectivity index is 2.96. The van der Waals surface area contributed by atoms with Crippen LogP contribution in [0.2, 0.25) is 0 Å². The zero-order valence-electron chi connectivity index (χ0n) is 6.44. The first kappa shape index (κ1) is 9.23. The van der Waals surface area contributed by atoms with Crippen LogP contribution in [0.3, 0.4) is 0 Å². The van der Waals surface area contributed by atoms with Crippen LogP contribution >= 0.6 is 0 Å². The van der Waals surface area contributed by atoms with E-state index in [0.29, 0.717) is 13.2 Å². The van der Waals surface area contributed by atoms with Crippen molar-refractivity contribution in [2.45, 2.75) is 6.92 Å². The molecular formula is C6H14N2O2. The molecule has 0 aliphatic rings. The van der Waals surface area contributed by atoms with E-state index < -0.39 is 0 Å². The molecule has 0 heterocycles. The van der Waals surface area contributed by atoms with E-state index >= 15 is 0 Å². The number of rotatable bonds is 4. The number of alkyl carbamates (subject to hydrolysis) is 1. The fourth-order valence-corrected chi connectivity index (χ4v) is 0.465. The minimum atomic E-state index is -0.377. The minimum absolute atomic E-state index is 0.377. The number of hydrogen-bond acceptors (Lipinski definition) is 3. The van der Waals surface area contributed by atoms with Gasteiger partial charge in [-0.15, -0.1) is 0 Å². The van der Waals surface area contributed by atoms with Crippen LogP contribution in [0, 0.1) is 0 Å². The van der Waals surface area contributed by atoms with Gasteiger partial charge in [0.05, 0.1) is 0 Å². The Hall–Kier alpha value is -0.770. The van der Waals surface area contributed by atoms with Gasteiger partial charge in [-0.05, 0) is 6.54 Å². The van der Waals surface area contributed by atoms with Crippen LogP contribution in [0.4, 0.5) is 4.79 Å².